The van der Waals surface area contributed by atoms with E-state index in [0.717, 1.165) is 44.4 Å². The largest absolute Gasteiger partial charge is 0.494 e. The number of rotatable bonds is 10. The summed E-state index contributed by atoms with van der Waals surface area (Å²) in [4.78, 5) is 29.5. The van der Waals surface area contributed by atoms with Gasteiger partial charge in [-0.05, 0) is 67.9 Å². The van der Waals surface area contributed by atoms with Crippen molar-refractivity contribution in [1.82, 2.24) is 4.98 Å². The van der Waals surface area contributed by atoms with Gasteiger partial charge >= 0.3 is 0 Å². The molecular formula is C27H27N3O3S2. The number of aryl methyl sites for hydroxylation is 1. The smallest absolute Gasteiger partial charge is 0.255 e. The molecule has 1 aromatic heterocycles. The van der Waals surface area contributed by atoms with Crippen LogP contribution in [0.25, 0.3) is 10.2 Å². The number of nitrogens with one attached hydrogen (secondary N) is 2. The fourth-order valence-electron chi connectivity index (χ4n) is 3.24. The molecule has 0 radical (unpaired) electrons. The lowest BCUT2D eigenvalue weighted by Crippen LogP contribution is -2.13. The predicted octanol–water partition coefficient (Wildman–Crippen LogP) is 6.77. The Morgan fingerprint density at radius 3 is 2.46 bits per heavy atom. The van der Waals surface area contributed by atoms with Crippen molar-refractivity contribution in [2.45, 2.75) is 31.0 Å². The normalized spacial score (nSPS) is 10.8. The third kappa shape index (κ3) is 7.07. The number of unbranched alkanes of at least 4 members (excludes halogenated alkanes) is 1. The lowest BCUT2D eigenvalue weighted by Gasteiger charge is -2.07. The Labute approximate surface area is 213 Å². The molecule has 35 heavy (non-hydrogen) atoms. The van der Waals surface area contributed by atoms with E-state index in [1.54, 1.807) is 0 Å². The summed E-state index contributed by atoms with van der Waals surface area (Å²) in [6.45, 7) is 4.81. The van der Waals surface area contributed by atoms with Gasteiger partial charge in [0.05, 0.1) is 22.6 Å². The monoisotopic (exact) mass is 505 g/mol. The Morgan fingerprint density at radius 1 is 0.971 bits per heavy atom. The molecule has 0 unspecified atom stereocenters. The first-order chi connectivity index (χ1) is 17.0. The Morgan fingerprint density at radius 2 is 1.71 bits per heavy atom. The summed E-state index contributed by atoms with van der Waals surface area (Å²) in [5, 5.41) is 5.84. The fourth-order valence-corrected chi connectivity index (χ4v) is 5.15. The molecule has 4 aromatic rings. The first-order valence-electron chi connectivity index (χ1n) is 11.4. The number of carbonyl (C=O) groups is 2. The number of thiazole rings is 1. The highest BCUT2D eigenvalue weighted by atomic mass is 32.2. The highest BCUT2D eigenvalue weighted by Crippen LogP contribution is 2.31. The van der Waals surface area contributed by atoms with Gasteiger partial charge in [-0.15, -0.1) is 11.3 Å². The maximum absolute atomic E-state index is 12.5. The number of carbonyl (C=O) groups excluding carboxylic acids is 2. The Balaban J connectivity index is 1.30. The molecule has 3 aromatic carbocycles. The number of aromatic nitrogens is 1. The van der Waals surface area contributed by atoms with Crippen LogP contribution < -0.4 is 15.4 Å². The van der Waals surface area contributed by atoms with Crippen LogP contribution >= 0.6 is 23.1 Å². The second-order valence-corrected chi connectivity index (χ2v) is 10.3. The zero-order valence-corrected chi connectivity index (χ0v) is 21.3. The molecule has 0 aliphatic heterocycles. The number of thioether (sulfide) groups is 1. The molecule has 0 saturated carbocycles. The molecule has 2 amide bonds. The minimum Gasteiger partial charge on any atom is -0.494 e. The molecule has 4 rings (SSSR count). The van der Waals surface area contributed by atoms with Gasteiger partial charge in [-0.1, -0.05) is 42.8 Å². The molecule has 0 aliphatic carbocycles. The minimum atomic E-state index is -0.152. The van der Waals surface area contributed by atoms with Gasteiger partial charge in [-0.2, -0.15) is 0 Å². The molecule has 6 nitrogen and oxygen atoms in total. The van der Waals surface area contributed by atoms with Crippen molar-refractivity contribution in [3.05, 3.63) is 77.9 Å². The molecule has 0 aliphatic rings. The second-order valence-electron chi connectivity index (χ2n) is 8.05. The van der Waals surface area contributed by atoms with E-state index in [4.69, 9.17) is 4.74 Å². The van der Waals surface area contributed by atoms with Gasteiger partial charge in [0.25, 0.3) is 5.91 Å². The van der Waals surface area contributed by atoms with Crippen LogP contribution in [0.15, 0.2) is 71.1 Å². The van der Waals surface area contributed by atoms with E-state index in [1.165, 1.54) is 23.1 Å². The first kappa shape index (κ1) is 24.8. The SMILES string of the molecule is CCCCOc1ccc(NC(=O)CSc2nc3ccc(NC(=O)c4ccc(C)cc4)cc3s2)cc1. The molecular weight excluding hydrogens is 478 g/mol. The molecule has 0 spiro atoms. The van der Waals surface area contributed by atoms with E-state index in [1.807, 2.05) is 73.7 Å². The third-order valence-electron chi connectivity index (χ3n) is 5.17. The average Bonchev–Trinajstić information content (AvgIpc) is 3.27. The van der Waals surface area contributed by atoms with Gasteiger partial charge in [-0.25, -0.2) is 4.98 Å². The highest BCUT2D eigenvalue weighted by Gasteiger charge is 2.11. The van der Waals surface area contributed by atoms with E-state index in [9.17, 15) is 9.59 Å². The van der Waals surface area contributed by atoms with Crippen molar-refractivity contribution in [3.8, 4) is 5.75 Å². The van der Waals surface area contributed by atoms with Crippen molar-refractivity contribution >= 4 is 56.5 Å². The lowest BCUT2D eigenvalue weighted by molar-refractivity contribution is -0.113. The number of nitrogens with zero attached hydrogens (tertiary/aromatic N) is 1. The molecule has 2 N–H and O–H groups in total. The number of fused-ring (bicyclic) bond motifs is 1. The van der Waals surface area contributed by atoms with Gasteiger partial charge in [0.15, 0.2) is 4.34 Å². The fraction of sp³-hybridized carbons (Fsp3) is 0.222. The summed E-state index contributed by atoms with van der Waals surface area (Å²) in [6, 6.07) is 20.5. The van der Waals surface area contributed by atoms with Crippen LogP contribution in [0.1, 0.15) is 35.7 Å². The number of anilines is 2. The number of hydrogen-bond acceptors (Lipinski definition) is 6. The minimum absolute atomic E-state index is 0.0973. The maximum atomic E-state index is 12.5. The predicted molar refractivity (Wildman–Crippen MR) is 145 cm³/mol. The van der Waals surface area contributed by atoms with Gasteiger partial charge in [-0.3, -0.25) is 9.59 Å². The van der Waals surface area contributed by atoms with Crippen LogP contribution in [-0.2, 0) is 4.79 Å². The average molecular weight is 506 g/mol. The van der Waals surface area contributed by atoms with Crippen molar-refractivity contribution < 1.29 is 14.3 Å². The second kappa shape index (κ2) is 11.9. The number of hydrogen-bond donors (Lipinski definition) is 2. The quantitative estimate of drug-likeness (QED) is 0.184. The number of ether oxygens (including phenoxy) is 1. The van der Waals surface area contributed by atoms with E-state index < -0.39 is 0 Å². The third-order valence-corrected chi connectivity index (χ3v) is 7.33. The maximum Gasteiger partial charge on any atom is 0.255 e. The van der Waals surface area contributed by atoms with E-state index in [2.05, 4.69) is 22.5 Å². The van der Waals surface area contributed by atoms with Crippen LogP contribution in [0.5, 0.6) is 5.75 Å². The summed E-state index contributed by atoms with van der Waals surface area (Å²) in [5.41, 5.74) is 4.00. The molecule has 8 heteroatoms. The van der Waals surface area contributed by atoms with Crippen molar-refractivity contribution in [2.24, 2.45) is 0 Å². The molecule has 0 saturated heterocycles. The summed E-state index contributed by atoms with van der Waals surface area (Å²) in [5.74, 6) is 0.807. The summed E-state index contributed by atoms with van der Waals surface area (Å²) in [7, 11) is 0. The Bertz CT molecular complexity index is 1300. The van der Waals surface area contributed by atoms with Crippen molar-refractivity contribution in [1.29, 1.82) is 0 Å². The number of benzene rings is 3. The Kier molecular flexibility index (Phi) is 8.39. The number of amides is 2. The van der Waals surface area contributed by atoms with Crippen LogP contribution in [-0.4, -0.2) is 29.2 Å². The summed E-state index contributed by atoms with van der Waals surface area (Å²) in [6.07, 6.45) is 2.11. The molecule has 0 atom stereocenters. The van der Waals surface area contributed by atoms with Crippen LogP contribution in [0.2, 0.25) is 0 Å². The summed E-state index contributed by atoms with van der Waals surface area (Å²) < 4.78 is 7.40. The topological polar surface area (TPSA) is 80.3 Å². The zero-order valence-electron chi connectivity index (χ0n) is 19.7. The van der Waals surface area contributed by atoms with E-state index in [-0.39, 0.29) is 17.6 Å². The zero-order chi connectivity index (χ0) is 24.6. The highest BCUT2D eigenvalue weighted by molar-refractivity contribution is 8.01. The van der Waals surface area contributed by atoms with Gasteiger partial charge in [0.1, 0.15) is 5.75 Å². The van der Waals surface area contributed by atoms with E-state index in [0.29, 0.717) is 17.9 Å². The van der Waals surface area contributed by atoms with Crippen molar-refractivity contribution in [3.63, 3.8) is 0 Å². The lowest BCUT2D eigenvalue weighted by atomic mass is 10.1. The molecule has 0 bridgehead atoms. The van der Waals surface area contributed by atoms with E-state index >= 15 is 0 Å². The van der Waals surface area contributed by atoms with Crippen LogP contribution in [0, 0.1) is 6.92 Å². The van der Waals surface area contributed by atoms with Gasteiger partial charge < -0.3 is 15.4 Å². The van der Waals surface area contributed by atoms with Crippen molar-refractivity contribution in [2.75, 3.05) is 23.0 Å². The Hall–Kier alpha value is -3.36. The summed E-state index contributed by atoms with van der Waals surface area (Å²) >= 11 is 2.89. The first-order valence-corrected chi connectivity index (χ1v) is 13.2. The van der Waals surface area contributed by atoms with Crippen LogP contribution in [0.3, 0.4) is 0 Å². The molecule has 180 valence electrons. The standard InChI is InChI=1S/C27H27N3O3S2/c1-3-4-15-33-22-12-9-20(10-13-22)28-25(31)17-34-27-30-23-14-11-21(16-24(23)35-27)29-26(32)19-7-5-18(2)6-8-19/h5-14,16H,3-4,15,17H2,1-2H3,(H,28,31)(H,29,32). The van der Waals surface area contributed by atoms with Gasteiger partial charge in [0, 0.05) is 16.9 Å². The molecule has 0 fully saturated rings. The van der Waals surface area contributed by atoms with Crippen LogP contribution in [0.4, 0.5) is 11.4 Å². The molecule has 1 heterocycles. The van der Waals surface area contributed by atoms with Gasteiger partial charge in [0.2, 0.25) is 5.91 Å².